The first-order chi connectivity index (χ1) is 11.2. The lowest BCUT2D eigenvalue weighted by Gasteiger charge is -2.19. The van der Waals surface area contributed by atoms with Gasteiger partial charge in [-0.3, -0.25) is 0 Å². The second kappa shape index (κ2) is 6.75. The Balaban J connectivity index is 1.96. The molecule has 0 spiro atoms. The maximum Gasteiger partial charge on any atom is 0.328 e. The molecule has 2 aromatic carbocycles. The van der Waals surface area contributed by atoms with Crippen molar-refractivity contribution in [3.8, 4) is 0 Å². The van der Waals surface area contributed by atoms with Crippen LogP contribution in [0.25, 0.3) is 6.08 Å². The summed E-state index contributed by atoms with van der Waals surface area (Å²) in [5, 5.41) is 8.69. The summed E-state index contributed by atoms with van der Waals surface area (Å²) in [5.74, 6) is -0.949. The molecule has 1 heterocycles. The maximum atomic E-state index is 10.6. The highest BCUT2D eigenvalue weighted by molar-refractivity contribution is 5.85. The fraction of sp³-hybridized carbons (Fsp3) is 0.0526. The molecular weight excluding hydrogens is 288 g/mol. The van der Waals surface area contributed by atoms with Gasteiger partial charge in [0.2, 0.25) is 0 Å². The minimum atomic E-state index is -0.949. The summed E-state index contributed by atoms with van der Waals surface area (Å²) < 4.78 is 2.05. The monoisotopic (exact) mass is 304 g/mol. The van der Waals surface area contributed by atoms with Crippen molar-refractivity contribution in [3.05, 3.63) is 96.1 Å². The van der Waals surface area contributed by atoms with Crippen LogP contribution in [-0.2, 0) is 4.79 Å². The molecule has 0 aliphatic heterocycles. The van der Waals surface area contributed by atoms with E-state index in [2.05, 4.69) is 21.7 Å². The minimum absolute atomic E-state index is 0.0382. The highest BCUT2D eigenvalue weighted by Crippen LogP contribution is 2.26. The van der Waals surface area contributed by atoms with Gasteiger partial charge in [-0.1, -0.05) is 54.6 Å². The molecule has 3 rings (SSSR count). The van der Waals surface area contributed by atoms with E-state index in [0.29, 0.717) is 0 Å². The fourth-order valence-electron chi connectivity index (χ4n) is 2.55. The second-order valence-corrected chi connectivity index (χ2v) is 5.16. The molecule has 4 heteroatoms. The summed E-state index contributed by atoms with van der Waals surface area (Å²) in [6.45, 7) is 0. The summed E-state index contributed by atoms with van der Waals surface area (Å²) in [5.41, 5.74) is 3.13. The molecule has 0 amide bonds. The highest BCUT2D eigenvalue weighted by atomic mass is 16.4. The Hall–Kier alpha value is -3.14. The molecule has 0 radical (unpaired) electrons. The summed E-state index contributed by atoms with van der Waals surface area (Å²) in [7, 11) is 0. The third kappa shape index (κ3) is 3.55. The molecular formula is C19H16N2O2. The lowest BCUT2D eigenvalue weighted by atomic mass is 9.97. The van der Waals surface area contributed by atoms with Gasteiger partial charge in [-0.15, -0.1) is 0 Å². The van der Waals surface area contributed by atoms with E-state index in [0.717, 1.165) is 17.2 Å². The SMILES string of the molecule is O=C(O)/C=C\c1ccc(C(c2ccccc2)n2ccnc2)cc1. The predicted octanol–water partition coefficient (Wildman–Crippen LogP) is 3.62. The van der Waals surface area contributed by atoms with Crippen LogP contribution in [0.3, 0.4) is 0 Å². The number of carbonyl (C=O) groups is 1. The predicted molar refractivity (Wildman–Crippen MR) is 89.0 cm³/mol. The van der Waals surface area contributed by atoms with Crippen molar-refractivity contribution in [3.63, 3.8) is 0 Å². The molecule has 0 saturated heterocycles. The Morgan fingerprint density at radius 1 is 1.04 bits per heavy atom. The van der Waals surface area contributed by atoms with Gasteiger partial charge >= 0.3 is 5.97 Å². The largest absolute Gasteiger partial charge is 0.478 e. The van der Waals surface area contributed by atoms with Crippen LogP contribution in [0.2, 0.25) is 0 Å². The molecule has 0 bridgehead atoms. The van der Waals surface area contributed by atoms with Crippen LogP contribution in [-0.4, -0.2) is 20.6 Å². The molecule has 0 aliphatic rings. The first-order valence-electron chi connectivity index (χ1n) is 7.27. The summed E-state index contributed by atoms with van der Waals surface area (Å²) in [6, 6.07) is 18.1. The molecule has 1 N–H and O–H groups in total. The van der Waals surface area contributed by atoms with Gasteiger partial charge in [0.05, 0.1) is 12.4 Å². The Kier molecular flexibility index (Phi) is 4.34. The zero-order valence-corrected chi connectivity index (χ0v) is 12.4. The Morgan fingerprint density at radius 2 is 1.74 bits per heavy atom. The van der Waals surface area contributed by atoms with E-state index < -0.39 is 5.97 Å². The maximum absolute atomic E-state index is 10.6. The van der Waals surface area contributed by atoms with Crippen LogP contribution in [0.4, 0.5) is 0 Å². The molecule has 1 atom stereocenters. The Bertz CT molecular complexity index is 791. The number of carboxylic acids is 1. The van der Waals surface area contributed by atoms with E-state index in [1.807, 2.05) is 48.7 Å². The summed E-state index contributed by atoms with van der Waals surface area (Å²) >= 11 is 0. The zero-order valence-electron chi connectivity index (χ0n) is 12.4. The van der Waals surface area contributed by atoms with Crippen molar-refractivity contribution in [1.82, 2.24) is 9.55 Å². The smallest absolute Gasteiger partial charge is 0.328 e. The number of hydrogen-bond donors (Lipinski definition) is 1. The van der Waals surface area contributed by atoms with Crippen molar-refractivity contribution in [2.24, 2.45) is 0 Å². The van der Waals surface area contributed by atoms with Gasteiger partial charge in [0.1, 0.15) is 0 Å². The van der Waals surface area contributed by atoms with E-state index in [1.54, 1.807) is 18.6 Å². The lowest BCUT2D eigenvalue weighted by molar-refractivity contribution is -0.131. The van der Waals surface area contributed by atoms with Crippen LogP contribution in [0, 0.1) is 0 Å². The standard InChI is InChI=1S/C19H16N2O2/c22-18(23)11-8-15-6-9-17(10-7-15)19(21-13-12-20-14-21)16-4-2-1-3-5-16/h1-14,19H,(H,22,23)/b11-8-. The lowest BCUT2D eigenvalue weighted by Crippen LogP contribution is -2.10. The summed E-state index contributed by atoms with van der Waals surface area (Å²) in [6.07, 6.45) is 8.23. The highest BCUT2D eigenvalue weighted by Gasteiger charge is 2.15. The zero-order chi connectivity index (χ0) is 16.1. The van der Waals surface area contributed by atoms with Gasteiger partial charge in [-0.05, 0) is 22.8 Å². The molecule has 4 nitrogen and oxygen atoms in total. The molecule has 0 saturated carbocycles. The molecule has 3 aromatic rings. The third-order valence-corrected chi connectivity index (χ3v) is 3.61. The van der Waals surface area contributed by atoms with E-state index in [1.165, 1.54) is 5.56 Å². The molecule has 23 heavy (non-hydrogen) atoms. The normalized spacial score (nSPS) is 12.3. The number of aliphatic carboxylic acids is 1. The molecule has 1 unspecified atom stereocenters. The minimum Gasteiger partial charge on any atom is -0.478 e. The number of carboxylic acid groups (broad SMARTS) is 1. The van der Waals surface area contributed by atoms with Gasteiger partial charge in [0.25, 0.3) is 0 Å². The van der Waals surface area contributed by atoms with Crippen LogP contribution < -0.4 is 0 Å². The number of imidazole rings is 1. The number of benzene rings is 2. The second-order valence-electron chi connectivity index (χ2n) is 5.16. The first kappa shape index (κ1) is 14.8. The van der Waals surface area contributed by atoms with E-state index >= 15 is 0 Å². The van der Waals surface area contributed by atoms with Gasteiger partial charge in [-0.2, -0.15) is 0 Å². The number of hydrogen-bond acceptors (Lipinski definition) is 2. The Labute approximate surface area is 134 Å². The van der Waals surface area contributed by atoms with Crippen LogP contribution in [0.5, 0.6) is 0 Å². The van der Waals surface area contributed by atoms with Crippen molar-refractivity contribution < 1.29 is 9.90 Å². The third-order valence-electron chi connectivity index (χ3n) is 3.61. The quantitative estimate of drug-likeness (QED) is 0.732. The number of nitrogens with zero attached hydrogens (tertiary/aromatic N) is 2. The fourth-order valence-corrected chi connectivity index (χ4v) is 2.55. The van der Waals surface area contributed by atoms with Crippen molar-refractivity contribution >= 4 is 12.0 Å². The average molecular weight is 304 g/mol. The van der Waals surface area contributed by atoms with Crippen molar-refractivity contribution in [2.75, 3.05) is 0 Å². The van der Waals surface area contributed by atoms with Gasteiger partial charge < -0.3 is 9.67 Å². The molecule has 1 aromatic heterocycles. The topological polar surface area (TPSA) is 55.1 Å². The Morgan fingerprint density at radius 3 is 2.35 bits per heavy atom. The van der Waals surface area contributed by atoms with Crippen LogP contribution in [0.1, 0.15) is 22.7 Å². The molecule has 114 valence electrons. The molecule has 0 fully saturated rings. The van der Waals surface area contributed by atoms with E-state index in [9.17, 15) is 4.79 Å². The van der Waals surface area contributed by atoms with Crippen LogP contribution >= 0.6 is 0 Å². The average Bonchev–Trinajstić information content (AvgIpc) is 3.09. The van der Waals surface area contributed by atoms with E-state index in [4.69, 9.17) is 5.11 Å². The first-order valence-corrected chi connectivity index (χ1v) is 7.27. The van der Waals surface area contributed by atoms with Gasteiger partial charge in [-0.25, -0.2) is 9.78 Å². The van der Waals surface area contributed by atoms with Gasteiger partial charge in [0, 0.05) is 18.5 Å². The van der Waals surface area contributed by atoms with Crippen molar-refractivity contribution in [2.45, 2.75) is 6.04 Å². The van der Waals surface area contributed by atoms with E-state index in [-0.39, 0.29) is 6.04 Å². The number of rotatable bonds is 5. The number of aromatic nitrogens is 2. The van der Waals surface area contributed by atoms with Gasteiger partial charge in [0.15, 0.2) is 0 Å². The van der Waals surface area contributed by atoms with Crippen molar-refractivity contribution in [1.29, 1.82) is 0 Å². The molecule has 0 aliphatic carbocycles. The summed E-state index contributed by atoms with van der Waals surface area (Å²) in [4.78, 5) is 14.7. The van der Waals surface area contributed by atoms with Crippen LogP contribution in [0.15, 0.2) is 79.4 Å².